The highest BCUT2D eigenvalue weighted by Crippen LogP contribution is 2.26. The van der Waals surface area contributed by atoms with Crippen LogP contribution in [0.4, 0.5) is 0 Å². The molecule has 0 amide bonds. The molecular weight excluding hydrogens is 272 g/mol. The van der Waals surface area contributed by atoms with Crippen molar-refractivity contribution in [3.05, 3.63) is 28.5 Å². The number of hydrogen-bond acceptors (Lipinski definition) is 3. The van der Waals surface area contributed by atoms with Gasteiger partial charge >= 0.3 is 5.97 Å². The van der Waals surface area contributed by atoms with Crippen LogP contribution in [-0.2, 0) is 9.53 Å². The minimum Gasteiger partial charge on any atom is -0.467 e. The van der Waals surface area contributed by atoms with E-state index in [9.17, 15) is 4.79 Å². The molecule has 1 N–H and O–H groups in total. The zero-order chi connectivity index (χ0) is 14.9. The van der Waals surface area contributed by atoms with Crippen LogP contribution in [0.3, 0.4) is 0 Å². The fraction of sp³-hybridized carbons (Fsp3) is 0.467. The predicted molar refractivity (Wildman–Crippen MR) is 82.4 cm³/mol. The number of benzene rings is 1. The van der Waals surface area contributed by atoms with Crippen LogP contribution in [0.5, 0.6) is 0 Å². The van der Waals surface area contributed by atoms with Crippen molar-refractivity contribution in [2.24, 2.45) is 5.92 Å². The maximum absolute atomic E-state index is 12.1. The zero-order valence-electron chi connectivity index (χ0n) is 12.3. The van der Waals surface area contributed by atoms with Gasteiger partial charge in [-0.05, 0) is 43.1 Å². The molecule has 2 rings (SSSR count). The second-order valence-corrected chi connectivity index (χ2v) is 5.82. The first-order valence-corrected chi connectivity index (χ1v) is 7.14. The number of nitrogens with zero attached hydrogens (tertiary/aromatic N) is 1. The summed E-state index contributed by atoms with van der Waals surface area (Å²) >= 11 is 5.41. The highest BCUT2D eigenvalue weighted by atomic mass is 32.1. The topological polar surface area (TPSA) is 47.0 Å². The molecule has 1 atom stereocenters. The van der Waals surface area contributed by atoms with Gasteiger partial charge in [0.05, 0.1) is 18.1 Å². The number of aryl methyl sites for hydroxylation is 1. The highest BCUT2D eigenvalue weighted by molar-refractivity contribution is 7.71. The van der Waals surface area contributed by atoms with Gasteiger partial charge in [-0.1, -0.05) is 26.0 Å². The first-order chi connectivity index (χ1) is 9.45. The van der Waals surface area contributed by atoms with Crippen molar-refractivity contribution in [1.82, 2.24) is 9.55 Å². The van der Waals surface area contributed by atoms with Crippen molar-refractivity contribution in [3.63, 3.8) is 0 Å². The molecule has 0 aliphatic carbocycles. The van der Waals surface area contributed by atoms with Gasteiger partial charge in [-0.25, -0.2) is 4.79 Å². The number of para-hydroxylation sites is 1. The average molecular weight is 292 g/mol. The number of rotatable bonds is 4. The number of ether oxygens (including phenoxy) is 1. The van der Waals surface area contributed by atoms with Gasteiger partial charge in [0.15, 0.2) is 4.77 Å². The lowest BCUT2D eigenvalue weighted by atomic mass is 10.0. The highest BCUT2D eigenvalue weighted by Gasteiger charge is 2.25. The number of H-pyrrole nitrogens is 1. The number of hydrogen-bond donors (Lipinski definition) is 1. The fourth-order valence-corrected chi connectivity index (χ4v) is 2.82. The van der Waals surface area contributed by atoms with Gasteiger partial charge in [0, 0.05) is 0 Å². The maximum Gasteiger partial charge on any atom is 0.328 e. The van der Waals surface area contributed by atoms with E-state index in [1.807, 2.05) is 29.7 Å². The first-order valence-electron chi connectivity index (χ1n) is 6.73. The zero-order valence-corrected chi connectivity index (χ0v) is 13.1. The summed E-state index contributed by atoms with van der Waals surface area (Å²) in [4.78, 5) is 15.3. The molecule has 0 aliphatic rings. The summed E-state index contributed by atoms with van der Waals surface area (Å²) < 4.78 is 7.39. The number of carbonyl (C=O) groups is 1. The van der Waals surface area contributed by atoms with E-state index in [4.69, 9.17) is 17.0 Å². The van der Waals surface area contributed by atoms with Crippen LogP contribution in [0.25, 0.3) is 11.0 Å². The van der Waals surface area contributed by atoms with Crippen molar-refractivity contribution >= 4 is 29.2 Å². The Morgan fingerprint density at radius 2 is 2.15 bits per heavy atom. The number of methoxy groups -OCH3 is 1. The Labute approximate surface area is 123 Å². The van der Waals surface area contributed by atoms with Crippen molar-refractivity contribution in [3.8, 4) is 0 Å². The Bertz CT molecular complexity index is 685. The summed E-state index contributed by atoms with van der Waals surface area (Å²) in [6, 6.07) is 5.59. The Morgan fingerprint density at radius 1 is 1.45 bits per heavy atom. The summed E-state index contributed by atoms with van der Waals surface area (Å²) in [7, 11) is 1.42. The standard InChI is InChI=1S/C15H20N2O2S/c1-9(2)8-12(14(18)19-4)17-11-7-5-6-10(3)13(11)16-15(17)20/h5-7,9,12H,8H2,1-4H3,(H,16,20). The van der Waals surface area contributed by atoms with Crippen molar-refractivity contribution in [1.29, 1.82) is 0 Å². The maximum atomic E-state index is 12.1. The Morgan fingerprint density at radius 3 is 2.75 bits per heavy atom. The van der Waals surface area contributed by atoms with Crippen LogP contribution in [0, 0.1) is 17.6 Å². The average Bonchev–Trinajstić information content (AvgIpc) is 2.73. The van der Waals surface area contributed by atoms with Crippen LogP contribution < -0.4 is 0 Å². The molecule has 0 bridgehead atoms. The van der Waals surface area contributed by atoms with Crippen LogP contribution in [-0.4, -0.2) is 22.6 Å². The van der Waals surface area contributed by atoms with Gasteiger partial charge in [-0.2, -0.15) is 0 Å². The summed E-state index contributed by atoms with van der Waals surface area (Å²) in [6.07, 6.45) is 0.696. The van der Waals surface area contributed by atoms with E-state index in [1.165, 1.54) is 7.11 Å². The minimum atomic E-state index is -0.386. The predicted octanol–water partition coefficient (Wildman–Crippen LogP) is 3.77. The fourth-order valence-electron chi connectivity index (χ4n) is 2.49. The van der Waals surface area contributed by atoms with Gasteiger partial charge in [0.25, 0.3) is 0 Å². The summed E-state index contributed by atoms with van der Waals surface area (Å²) in [5, 5.41) is 0. The molecule has 0 saturated carbocycles. The number of esters is 1. The van der Waals surface area contributed by atoms with Gasteiger partial charge in [-0.3, -0.25) is 0 Å². The second-order valence-electron chi connectivity index (χ2n) is 5.44. The van der Waals surface area contributed by atoms with E-state index in [0.29, 0.717) is 17.1 Å². The Balaban J connectivity index is 2.64. The van der Waals surface area contributed by atoms with E-state index in [2.05, 4.69) is 18.8 Å². The third-order valence-corrected chi connectivity index (χ3v) is 3.74. The molecule has 1 unspecified atom stereocenters. The van der Waals surface area contributed by atoms with Gasteiger partial charge in [0.1, 0.15) is 6.04 Å². The SMILES string of the molecule is COC(=O)C(CC(C)C)n1c(=S)[nH]c2c(C)cccc21. The molecular formula is C15H20N2O2S. The molecule has 0 radical (unpaired) electrons. The lowest BCUT2D eigenvalue weighted by Gasteiger charge is -2.19. The third-order valence-electron chi connectivity index (χ3n) is 3.44. The molecule has 1 aromatic carbocycles. The number of aromatic nitrogens is 2. The molecule has 1 heterocycles. The number of nitrogens with one attached hydrogen (secondary N) is 1. The van der Waals surface area contributed by atoms with Crippen LogP contribution in [0.1, 0.15) is 31.9 Å². The van der Waals surface area contributed by atoms with E-state index >= 15 is 0 Å². The molecule has 1 aromatic heterocycles. The number of fused-ring (bicyclic) bond motifs is 1. The molecule has 0 aliphatic heterocycles. The Hall–Kier alpha value is -1.62. The largest absolute Gasteiger partial charge is 0.467 e. The van der Waals surface area contributed by atoms with Gasteiger partial charge < -0.3 is 14.3 Å². The summed E-state index contributed by atoms with van der Waals surface area (Å²) in [5.74, 6) is 0.118. The minimum absolute atomic E-state index is 0.253. The monoisotopic (exact) mass is 292 g/mol. The summed E-state index contributed by atoms with van der Waals surface area (Å²) in [5.41, 5.74) is 3.04. The van der Waals surface area contributed by atoms with E-state index in [0.717, 1.165) is 16.6 Å². The number of imidazole rings is 1. The van der Waals surface area contributed by atoms with Crippen LogP contribution >= 0.6 is 12.2 Å². The van der Waals surface area contributed by atoms with Crippen molar-refractivity contribution < 1.29 is 9.53 Å². The third kappa shape index (κ3) is 2.63. The molecule has 2 aromatic rings. The number of carbonyl (C=O) groups excluding carboxylic acids is 1. The lowest BCUT2D eigenvalue weighted by molar-refractivity contribution is -0.145. The van der Waals surface area contributed by atoms with E-state index in [-0.39, 0.29) is 12.0 Å². The molecule has 20 heavy (non-hydrogen) atoms. The van der Waals surface area contributed by atoms with Crippen molar-refractivity contribution in [2.45, 2.75) is 33.2 Å². The quantitative estimate of drug-likeness (QED) is 0.689. The number of aromatic amines is 1. The van der Waals surface area contributed by atoms with E-state index in [1.54, 1.807) is 0 Å². The molecule has 0 fully saturated rings. The van der Waals surface area contributed by atoms with Gasteiger partial charge in [0.2, 0.25) is 0 Å². The molecule has 0 spiro atoms. The van der Waals surface area contributed by atoms with Crippen molar-refractivity contribution in [2.75, 3.05) is 7.11 Å². The van der Waals surface area contributed by atoms with Crippen LogP contribution in [0.15, 0.2) is 18.2 Å². The van der Waals surface area contributed by atoms with E-state index < -0.39 is 0 Å². The molecule has 0 saturated heterocycles. The normalized spacial score (nSPS) is 12.8. The van der Waals surface area contributed by atoms with Crippen LogP contribution in [0.2, 0.25) is 0 Å². The Kier molecular flexibility index (Phi) is 4.28. The van der Waals surface area contributed by atoms with Gasteiger partial charge in [-0.15, -0.1) is 0 Å². The molecule has 108 valence electrons. The lowest BCUT2D eigenvalue weighted by Crippen LogP contribution is -2.22. The second kappa shape index (κ2) is 5.79. The molecule has 5 heteroatoms. The summed E-state index contributed by atoms with van der Waals surface area (Å²) in [6.45, 7) is 6.19. The smallest absolute Gasteiger partial charge is 0.328 e. The first kappa shape index (κ1) is 14.8. The molecule has 4 nitrogen and oxygen atoms in total.